The summed E-state index contributed by atoms with van der Waals surface area (Å²) in [5, 5.41) is 0. The first kappa shape index (κ1) is 15.1. The zero-order valence-electron chi connectivity index (χ0n) is 9.64. The topological polar surface area (TPSA) is 12.4 Å². The molecule has 0 aliphatic carbocycles. The molecule has 0 spiro atoms. The lowest BCUT2D eigenvalue weighted by atomic mass is 10.0. The second-order valence-electron chi connectivity index (χ2n) is 2.73. The van der Waals surface area contributed by atoms with E-state index >= 15 is 0 Å². The van der Waals surface area contributed by atoms with Crippen molar-refractivity contribution in [3.05, 3.63) is 49.7 Å². The average molecular weight is 191 g/mol. The van der Waals surface area contributed by atoms with Crippen LogP contribution in [0.1, 0.15) is 27.2 Å². The summed E-state index contributed by atoms with van der Waals surface area (Å²) >= 11 is 0. The van der Waals surface area contributed by atoms with Crippen LogP contribution in [0, 0.1) is 0 Å². The number of nitrogens with zero attached hydrogens (tertiary/aromatic N) is 1. The van der Waals surface area contributed by atoms with E-state index in [0.29, 0.717) is 0 Å². The third-order valence-corrected chi connectivity index (χ3v) is 1.64. The minimum Gasteiger partial charge on any atom is -0.261 e. The highest BCUT2D eigenvalue weighted by Gasteiger charge is 2.01. The van der Waals surface area contributed by atoms with Crippen molar-refractivity contribution in [1.82, 2.24) is 0 Å². The highest BCUT2D eigenvalue weighted by Crippen LogP contribution is 2.09. The van der Waals surface area contributed by atoms with Gasteiger partial charge in [-0.25, -0.2) is 0 Å². The van der Waals surface area contributed by atoms with Gasteiger partial charge in [0.1, 0.15) is 0 Å². The van der Waals surface area contributed by atoms with E-state index in [1.807, 2.05) is 6.08 Å². The van der Waals surface area contributed by atoms with E-state index in [-0.39, 0.29) is 0 Å². The second kappa shape index (κ2) is 9.72. The Kier molecular flexibility index (Phi) is 10.5. The largest absolute Gasteiger partial charge is 0.261 e. The van der Waals surface area contributed by atoms with Crippen LogP contribution in [-0.4, -0.2) is 5.71 Å². The third kappa shape index (κ3) is 5.31. The zero-order valence-corrected chi connectivity index (χ0v) is 9.64. The highest BCUT2D eigenvalue weighted by molar-refractivity contribution is 6.03. The van der Waals surface area contributed by atoms with Crippen LogP contribution in [0.4, 0.5) is 0 Å². The van der Waals surface area contributed by atoms with E-state index < -0.39 is 0 Å². The van der Waals surface area contributed by atoms with Crippen molar-refractivity contribution in [1.29, 1.82) is 0 Å². The van der Waals surface area contributed by atoms with Gasteiger partial charge in [0.05, 0.1) is 0 Å². The molecule has 0 radical (unpaired) electrons. The molecule has 0 aliphatic rings. The van der Waals surface area contributed by atoms with Crippen molar-refractivity contribution < 1.29 is 0 Å². The normalized spacial score (nSPS) is 9.50. The Morgan fingerprint density at radius 3 is 1.93 bits per heavy atom. The van der Waals surface area contributed by atoms with Gasteiger partial charge in [-0.15, -0.1) is 13.2 Å². The van der Waals surface area contributed by atoms with Crippen molar-refractivity contribution in [2.45, 2.75) is 27.2 Å². The van der Waals surface area contributed by atoms with Gasteiger partial charge in [0.25, 0.3) is 0 Å². The van der Waals surface area contributed by atoms with Gasteiger partial charge in [-0.1, -0.05) is 31.7 Å². The van der Waals surface area contributed by atoms with Gasteiger partial charge in [0.15, 0.2) is 0 Å². The van der Waals surface area contributed by atoms with Crippen LogP contribution in [0.2, 0.25) is 0 Å². The molecule has 0 rings (SSSR count). The van der Waals surface area contributed by atoms with Gasteiger partial charge in [-0.3, -0.25) is 4.99 Å². The van der Waals surface area contributed by atoms with Crippen LogP contribution >= 0.6 is 0 Å². The summed E-state index contributed by atoms with van der Waals surface area (Å²) in [5.41, 5.74) is 3.44. The number of hydrogen-bond acceptors (Lipinski definition) is 1. The Labute approximate surface area is 88.3 Å². The van der Waals surface area contributed by atoms with Gasteiger partial charge >= 0.3 is 0 Å². The lowest BCUT2D eigenvalue weighted by Crippen LogP contribution is -2.00. The van der Waals surface area contributed by atoms with E-state index in [4.69, 9.17) is 0 Å². The summed E-state index contributed by atoms with van der Waals surface area (Å²) < 4.78 is 0. The predicted molar refractivity (Wildman–Crippen MR) is 67.7 cm³/mol. The number of aliphatic imine (C=N–C) groups is 1. The standard InChI is InChI=1S/C11H17N.C2H4/c1-6-10(9(4)5)11(7-2)12-8-3;1-2/h6,8H,1,3,7H2,2,4-5H3;1-2H2. The van der Waals surface area contributed by atoms with E-state index in [0.717, 1.165) is 17.7 Å². The summed E-state index contributed by atoms with van der Waals surface area (Å²) in [6.07, 6.45) is 4.34. The molecular formula is C13H21N. The van der Waals surface area contributed by atoms with Gasteiger partial charge in [0, 0.05) is 11.9 Å². The molecule has 1 nitrogen and oxygen atoms in total. The fourth-order valence-corrected chi connectivity index (χ4v) is 1.07. The highest BCUT2D eigenvalue weighted by atomic mass is 14.7. The van der Waals surface area contributed by atoms with Gasteiger partial charge in [0.2, 0.25) is 0 Å². The SMILES string of the molecule is C=C.C=CN=C(CC)C(C=C)=C(C)C. The van der Waals surface area contributed by atoms with Crippen molar-refractivity contribution in [2.75, 3.05) is 0 Å². The minimum absolute atomic E-state index is 0.915. The molecular weight excluding hydrogens is 170 g/mol. The van der Waals surface area contributed by atoms with Crippen LogP contribution in [-0.2, 0) is 0 Å². The predicted octanol–water partition coefficient (Wildman–Crippen LogP) is 4.31. The second-order valence-corrected chi connectivity index (χ2v) is 2.73. The molecule has 0 unspecified atom stereocenters. The summed E-state index contributed by atoms with van der Waals surface area (Å²) in [6, 6.07) is 0. The first-order valence-corrected chi connectivity index (χ1v) is 4.65. The molecule has 78 valence electrons. The Bertz CT molecular complexity index is 240. The number of allylic oxidation sites excluding steroid dienone is 3. The Morgan fingerprint density at radius 1 is 1.21 bits per heavy atom. The van der Waals surface area contributed by atoms with Gasteiger partial charge in [-0.05, 0) is 25.8 Å². The molecule has 0 aromatic rings. The summed E-state index contributed by atoms with van der Waals surface area (Å²) in [5.74, 6) is 0. The number of hydrogen-bond donors (Lipinski definition) is 0. The van der Waals surface area contributed by atoms with E-state index in [1.165, 1.54) is 5.57 Å². The maximum atomic E-state index is 4.19. The molecule has 0 atom stereocenters. The molecule has 0 saturated heterocycles. The first-order chi connectivity index (χ1) is 6.67. The van der Waals surface area contributed by atoms with Crippen LogP contribution in [0.15, 0.2) is 54.7 Å². The summed E-state index contributed by atoms with van der Waals surface area (Å²) in [6.45, 7) is 19.5. The fourth-order valence-electron chi connectivity index (χ4n) is 1.07. The quantitative estimate of drug-likeness (QED) is 0.357. The molecule has 14 heavy (non-hydrogen) atoms. The van der Waals surface area contributed by atoms with Crippen LogP contribution < -0.4 is 0 Å². The monoisotopic (exact) mass is 191 g/mol. The third-order valence-electron chi connectivity index (χ3n) is 1.64. The number of rotatable bonds is 4. The molecule has 0 N–H and O–H groups in total. The van der Waals surface area contributed by atoms with E-state index in [9.17, 15) is 0 Å². The van der Waals surface area contributed by atoms with Crippen molar-refractivity contribution in [3.63, 3.8) is 0 Å². The molecule has 0 saturated carbocycles. The molecule has 0 heterocycles. The lowest BCUT2D eigenvalue weighted by Gasteiger charge is -2.05. The Hall–Kier alpha value is -1.37. The summed E-state index contributed by atoms with van der Waals surface area (Å²) in [4.78, 5) is 4.19. The van der Waals surface area contributed by atoms with Crippen LogP contribution in [0.3, 0.4) is 0 Å². The fraction of sp³-hybridized carbons (Fsp3) is 0.308. The lowest BCUT2D eigenvalue weighted by molar-refractivity contribution is 1.24. The van der Waals surface area contributed by atoms with Crippen molar-refractivity contribution in [2.24, 2.45) is 4.99 Å². The van der Waals surface area contributed by atoms with Crippen LogP contribution in [0.25, 0.3) is 0 Å². The molecule has 0 aromatic heterocycles. The Morgan fingerprint density at radius 2 is 1.71 bits per heavy atom. The van der Waals surface area contributed by atoms with Crippen LogP contribution in [0.5, 0.6) is 0 Å². The molecule has 0 fully saturated rings. The Balaban J connectivity index is 0. The zero-order chi connectivity index (χ0) is 11.6. The molecule has 1 heteroatoms. The van der Waals surface area contributed by atoms with Crippen molar-refractivity contribution >= 4 is 5.71 Å². The molecule has 0 amide bonds. The smallest absolute Gasteiger partial charge is 0.0471 e. The van der Waals surface area contributed by atoms with E-state index in [1.54, 1.807) is 6.20 Å². The van der Waals surface area contributed by atoms with E-state index in [2.05, 4.69) is 52.1 Å². The molecule has 0 aromatic carbocycles. The molecule has 0 aliphatic heterocycles. The first-order valence-electron chi connectivity index (χ1n) is 4.65. The average Bonchev–Trinajstić information content (AvgIpc) is 2.20. The molecule has 0 bridgehead atoms. The maximum absolute atomic E-state index is 4.19. The maximum Gasteiger partial charge on any atom is 0.0471 e. The van der Waals surface area contributed by atoms with Gasteiger partial charge < -0.3 is 0 Å². The van der Waals surface area contributed by atoms with Gasteiger partial charge in [-0.2, -0.15) is 0 Å². The van der Waals surface area contributed by atoms with Crippen molar-refractivity contribution in [3.8, 4) is 0 Å². The summed E-state index contributed by atoms with van der Waals surface area (Å²) in [7, 11) is 0. The minimum atomic E-state index is 0.915.